The third kappa shape index (κ3) is 3.76. The molecule has 0 saturated heterocycles. The van der Waals surface area contributed by atoms with Crippen LogP contribution < -0.4 is 0 Å². The summed E-state index contributed by atoms with van der Waals surface area (Å²) in [5, 5.41) is 19.9. The van der Waals surface area contributed by atoms with Crippen molar-refractivity contribution in [3.05, 3.63) is 76.1 Å². The number of thioether (sulfide) groups is 1. The van der Waals surface area contributed by atoms with Gasteiger partial charge < -0.3 is 10.2 Å². The predicted molar refractivity (Wildman–Crippen MR) is 96.4 cm³/mol. The Morgan fingerprint density at radius 1 is 1.15 bits per heavy atom. The minimum Gasteiger partial charge on any atom is -0.363 e. The lowest BCUT2D eigenvalue weighted by molar-refractivity contribution is -0.0473. The summed E-state index contributed by atoms with van der Waals surface area (Å²) in [5.74, 6) is -0.635. The summed E-state index contributed by atoms with van der Waals surface area (Å²) in [5.41, 5.74) is 1.73. The van der Waals surface area contributed by atoms with Crippen molar-refractivity contribution in [1.82, 2.24) is 9.55 Å². The monoisotopic (exact) mass is 396 g/mol. The van der Waals surface area contributed by atoms with Gasteiger partial charge in [-0.1, -0.05) is 29.4 Å². The maximum Gasteiger partial charge on any atom is 0.196 e. The molecular formula is C18H15ClF2N2O2S. The summed E-state index contributed by atoms with van der Waals surface area (Å²) in [4.78, 5) is 4.18. The second-order valence-corrected chi connectivity index (χ2v) is 6.92. The lowest BCUT2D eigenvalue weighted by atomic mass is 10.1. The Labute approximate surface area is 158 Å². The molecule has 0 saturated carbocycles. The molecular weight excluding hydrogens is 382 g/mol. The van der Waals surface area contributed by atoms with E-state index in [0.29, 0.717) is 21.4 Å². The third-order valence-corrected chi connectivity index (χ3v) is 5.34. The number of imidazole rings is 1. The Balaban J connectivity index is 1.96. The van der Waals surface area contributed by atoms with E-state index in [-0.39, 0.29) is 11.4 Å². The third-order valence-electron chi connectivity index (χ3n) is 3.83. The summed E-state index contributed by atoms with van der Waals surface area (Å²) in [7, 11) is 0. The van der Waals surface area contributed by atoms with E-state index in [0.717, 1.165) is 5.56 Å². The highest BCUT2D eigenvalue weighted by Crippen LogP contribution is 2.32. The van der Waals surface area contributed by atoms with Gasteiger partial charge in [0.25, 0.3) is 0 Å². The molecule has 2 aromatic carbocycles. The molecule has 3 aromatic rings. The van der Waals surface area contributed by atoms with Crippen LogP contribution in [0.1, 0.15) is 23.1 Å². The zero-order chi connectivity index (χ0) is 18.8. The van der Waals surface area contributed by atoms with E-state index in [1.807, 2.05) is 0 Å². The van der Waals surface area contributed by atoms with Gasteiger partial charge in [0.05, 0.1) is 16.9 Å². The van der Waals surface area contributed by atoms with Crippen LogP contribution in [0.4, 0.5) is 8.78 Å². The molecule has 26 heavy (non-hydrogen) atoms. The standard InChI is InChI=1S/C18H15ClF2N2O2S/c1-10-2-7-14(21)13(16(10)19)9-26-18-22-8-15(17(24)25)23(18)12-5-3-11(20)4-6-12/h2-8,17,24-25H,9H2,1H3. The first-order valence-electron chi connectivity index (χ1n) is 7.64. The molecule has 8 heteroatoms. The fraction of sp³-hybridized carbons (Fsp3) is 0.167. The molecule has 2 N–H and O–H groups in total. The van der Waals surface area contributed by atoms with Crippen LogP contribution in [-0.2, 0) is 5.75 Å². The van der Waals surface area contributed by atoms with Crippen LogP contribution in [0.2, 0.25) is 5.02 Å². The first kappa shape index (κ1) is 18.8. The maximum atomic E-state index is 14.1. The van der Waals surface area contributed by atoms with Crippen molar-refractivity contribution >= 4 is 23.4 Å². The average Bonchev–Trinajstić information content (AvgIpc) is 3.03. The number of halogens is 3. The number of hydrogen-bond acceptors (Lipinski definition) is 4. The molecule has 4 nitrogen and oxygen atoms in total. The number of aryl methyl sites for hydroxylation is 1. The molecule has 0 aliphatic rings. The minimum atomic E-state index is -1.76. The minimum absolute atomic E-state index is 0.120. The Hall–Kier alpha value is -1.93. The number of rotatable bonds is 5. The van der Waals surface area contributed by atoms with Gasteiger partial charge in [-0.25, -0.2) is 13.8 Å². The van der Waals surface area contributed by atoms with Crippen molar-refractivity contribution < 1.29 is 19.0 Å². The van der Waals surface area contributed by atoms with Crippen molar-refractivity contribution in [2.24, 2.45) is 0 Å². The second-order valence-electron chi connectivity index (χ2n) is 5.60. The number of nitrogens with zero attached hydrogens (tertiary/aromatic N) is 2. The van der Waals surface area contributed by atoms with Crippen LogP contribution in [-0.4, -0.2) is 19.8 Å². The van der Waals surface area contributed by atoms with Gasteiger partial charge in [-0.15, -0.1) is 0 Å². The fourth-order valence-electron chi connectivity index (χ4n) is 2.46. The smallest absolute Gasteiger partial charge is 0.196 e. The molecule has 0 aliphatic carbocycles. The van der Waals surface area contributed by atoms with Gasteiger partial charge in [0.1, 0.15) is 11.6 Å². The average molecular weight is 397 g/mol. The van der Waals surface area contributed by atoms with Crippen LogP contribution in [0.5, 0.6) is 0 Å². The molecule has 1 heterocycles. The second kappa shape index (κ2) is 7.75. The number of aliphatic hydroxyl groups excluding tert-OH is 1. The van der Waals surface area contributed by atoms with E-state index in [4.69, 9.17) is 11.6 Å². The quantitative estimate of drug-likeness (QED) is 0.496. The van der Waals surface area contributed by atoms with Crippen molar-refractivity contribution in [2.75, 3.05) is 0 Å². The normalized spacial score (nSPS) is 11.3. The van der Waals surface area contributed by atoms with Gasteiger partial charge in [0.15, 0.2) is 11.4 Å². The predicted octanol–water partition coefficient (Wildman–Crippen LogP) is 4.39. The Morgan fingerprint density at radius 2 is 1.85 bits per heavy atom. The van der Waals surface area contributed by atoms with E-state index in [9.17, 15) is 19.0 Å². The summed E-state index contributed by atoms with van der Waals surface area (Å²) in [6.45, 7) is 1.79. The van der Waals surface area contributed by atoms with Gasteiger partial charge in [-0.05, 0) is 42.8 Å². The molecule has 0 atom stereocenters. The van der Waals surface area contributed by atoms with Crippen molar-refractivity contribution in [3.63, 3.8) is 0 Å². The van der Waals surface area contributed by atoms with Crippen LogP contribution in [0, 0.1) is 18.6 Å². The lowest BCUT2D eigenvalue weighted by Crippen LogP contribution is -2.06. The highest BCUT2D eigenvalue weighted by Gasteiger charge is 2.18. The largest absolute Gasteiger partial charge is 0.363 e. The van der Waals surface area contributed by atoms with Crippen molar-refractivity contribution in [2.45, 2.75) is 24.1 Å². The van der Waals surface area contributed by atoms with Crippen LogP contribution in [0.25, 0.3) is 5.69 Å². The van der Waals surface area contributed by atoms with E-state index in [1.54, 1.807) is 13.0 Å². The Kier molecular flexibility index (Phi) is 5.62. The maximum absolute atomic E-state index is 14.1. The summed E-state index contributed by atoms with van der Waals surface area (Å²) in [6.07, 6.45) is -0.453. The summed E-state index contributed by atoms with van der Waals surface area (Å²) >= 11 is 7.38. The lowest BCUT2D eigenvalue weighted by Gasteiger charge is -2.13. The van der Waals surface area contributed by atoms with Crippen LogP contribution >= 0.6 is 23.4 Å². The Morgan fingerprint density at radius 3 is 2.50 bits per heavy atom. The van der Waals surface area contributed by atoms with Gasteiger partial charge in [-0.2, -0.15) is 0 Å². The number of aliphatic hydroxyl groups is 2. The van der Waals surface area contributed by atoms with E-state index < -0.39 is 17.9 Å². The first-order valence-corrected chi connectivity index (χ1v) is 9.01. The van der Waals surface area contributed by atoms with E-state index in [2.05, 4.69) is 4.98 Å². The highest BCUT2D eigenvalue weighted by molar-refractivity contribution is 7.98. The fourth-order valence-corrected chi connectivity index (χ4v) is 3.79. The summed E-state index contributed by atoms with van der Waals surface area (Å²) < 4.78 is 28.8. The molecule has 0 aliphatic heterocycles. The molecule has 0 spiro atoms. The van der Waals surface area contributed by atoms with E-state index >= 15 is 0 Å². The van der Waals surface area contributed by atoms with Crippen molar-refractivity contribution in [1.29, 1.82) is 0 Å². The highest BCUT2D eigenvalue weighted by atomic mass is 35.5. The molecule has 0 bridgehead atoms. The molecule has 3 rings (SSSR count). The van der Waals surface area contributed by atoms with Crippen molar-refractivity contribution in [3.8, 4) is 5.69 Å². The molecule has 0 amide bonds. The SMILES string of the molecule is Cc1ccc(F)c(CSc2ncc(C(O)O)n2-c2ccc(F)cc2)c1Cl. The van der Waals surface area contributed by atoms with Gasteiger partial charge >= 0.3 is 0 Å². The number of benzene rings is 2. The first-order chi connectivity index (χ1) is 12.4. The van der Waals surface area contributed by atoms with Crippen LogP contribution in [0.15, 0.2) is 47.8 Å². The molecule has 1 aromatic heterocycles. The zero-order valence-electron chi connectivity index (χ0n) is 13.7. The van der Waals surface area contributed by atoms with Gasteiger partial charge in [-0.3, -0.25) is 4.57 Å². The molecule has 136 valence electrons. The topological polar surface area (TPSA) is 58.3 Å². The summed E-state index contributed by atoms with van der Waals surface area (Å²) in [6, 6.07) is 8.46. The molecule has 0 radical (unpaired) electrons. The zero-order valence-corrected chi connectivity index (χ0v) is 15.2. The molecule has 0 fully saturated rings. The Bertz CT molecular complexity index is 930. The van der Waals surface area contributed by atoms with Gasteiger partial charge in [0, 0.05) is 17.0 Å². The molecule has 0 unspecified atom stereocenters. The number of hydrogen-bond donors (Lipinski definition) is 2. The van der Waals surface area contributed by atoms with Gasteiger partial charge in [0.2, 0.25) is 0 Å². The van der Waals surface area contributed by atoms with E-state index in [1.165, 1.54) is 52.9 Å². The van der Waals surface area contributed by atoms with Crippen LogP contribution in [0.3, 0.4) is 0 Å². The number of aromatic nitrogens is 2.